The van der Waals surface area contributed by atoms with Crippen molar-refractivity contribution in [3.8, 4) is 0 Å². The van der Waals surface area contributed by atoms with Gasteiger partial charge in [-0.05, 0) is 38.0 Å². The zero-order valence-corrected chi connectivity index (χ0v) is 11.0. The Morgan fingerprint density at radius 2 is 2.25 bits per heavy atom. The number of thioether (sulfide) groups is 1. The molecule has 3 heteroatoms. The summed E-state index contributed by atoms with van der Waals surface area (Å²) in [4.78, 5) is 0. The van der Waals surface area contributed by atoms with Crippen LogP contribution < -0.4 is 5.32 Å². The van der Waals surface area contributed by atoms with Crippen LogP contribution in [0.5, 0.6) is 0 Å². The van der Waals surface area contributed by atoms with E-state index >= 15 is 0 Å². The third-order valence-electron chi connectivity index (χ3n) is 3.79. The zero-order chi connectivity index (χ0) is 11.3. The van der Waals surface area contributed by atoms with Crippen molar-refractivity contribution in [1.82, 2.24) is 5.32 Å². The molecule has 16 heavy (non-hydrogen) atoms. The molecule has 1 unspecified atom stereocenters. The number of nitrogens with one attached hydrogen (secondary N) is 1. The fourth-order valence-electron chi connectivity index (χ4n) is 2.67. The molecular weight excluding hydrogens is 218 g/mol. The SMILES string of the molecule is CSC1(CNCC2CCC=CO2)CCCC1. The molecule has 1 fully saturated rings. The van der Waals surface area contributed by atoms with Gasteiger partial charge in [0.25, 0.3) is 0 Å². The van der Waals surface area contributed by atoms with E-state index in [0.717, 1.165) is 19.5 Å². The van der Waals surface area contributed by atoms with E-state index in [1.54, 1.807) is 0 Å². The highest BCUT2D eigenvalue weighted by molar-refractivity contribution is 8.00. The van der Waals surface area contributed by atoms with Crippen molar-refractivity contribution < 1.29 is 4.74 Å². The molecule has 1 N–H and O–H groups in total. The predicted molar refractivity (Wildman–Crippen MR) is 70.8 cm³/mol. The van der Waals surface area contributed by atoms with E-state index < -0.39 is 0 Å². The molecule has 0 radical (unpaired) electrons. The van der Waals surface area contributed by atoms with E-state index in [9.17, 15) is 0 Å². The number of ether oxygens (including phenoxy) is 1. The molecule has 2 rings (SSSR count). The van der Waals surface area contributed by atoms with Crippen LogP contribution in [-0.2, 0) is 4.74 Å². The van der Waals surface area contributed by atoms with Gasteiger partial charge in [0.15, 0.2) is 0 Å². The van der Waals surface area contributed by atoms with Crippen LogP contribution in [0.15, 0.2) is 12.3 Å². The van der Waals surface area contributed by atoms with Crippen molar-refractivity contribution in [2.75, 3.05) is 19.3 Å². The molecule has 0 saturated heterocycles. The van der Waals surface area contributed by atoms with Gasteiger partial charge in [0.05, 0.1) is 6.26 Å². The quantitative estimate of drug-likeness (QED) is 0.799. The molecule has 0 bridgehead atoms. The lowest BCUT2D eigenvalue weighted by Crippen LogP contribution is -2.39. The van der Waals surface area contributed by atoms with Gasteiger partial charge in [-0.3, -0.25) is 0 Å². The van der Waals surface area contributed by atoms with Gasteiger partial charge in [-0.15, -0.1) is 0 Å². The fraction of sp³-hybridized carbons (Fsp3) is 0.846. The van der Waals surface area contributed by atoms with Gasteiger partial charge >= 0.3 is 0 Å². The number of hydrogen-bond acceptors (Lipinski definition) is 3. The average molecular weight is 241 g/mol. The Bertz CT molecular complexity index is 236. The van der Waals surface area contributed by atoms with Crippen LogP contribution in [-0.4, -0.2) is 30.2 Å². The second kappa shape index (κ2) is 5.97. The Hall–Kier alpha value is -0.150. The summed E-state index contributed by atoms with van der Waals surface area (Å²) >= 11 is 2.05. The summed E-state index contributed by atoms with van der Waals surface area (Å²) in [6, 6.07) is 0. The molecule has 0 spiro atoms. The Kier molecular flexibility index (Phi) is 4.59. The van der Waals surface area contributed by atoms with E-state index in [1.807, 2.05) is 18.0 Å². The molecule has 1 atom stereocenters. The van der Waals surface area contributed by atoms with E-state index in [1.165, 1.54) is 32.1 Å². The number of rotatable bonds is 5. The Labute approximate surface area is 103 Å². The Morgan fingerprint density at radius 3 is 2.88 bits per heavy atom. The third-order valence-corrected chi connectivity index (χ3v) is 5.21. The van der Waals surface area contributed by atoms with Crippen LogP contribution in [0.2, 0.25) is 0 Å². The monoisotopic (exact) mass is 241 g/mol. The maximum Gasteiger partial charge on any atom is 0.110 e. The molecule has 1 saturated carbocycles. The molecule has 2 aliphatic rings. The minimum Gasteiger partial charge on any atom is -0.497 e. The minimum atomic E-state index is 0.394. The Morgan fingerprint density at radius 1 is 1.44 bits per heavy atom. The first kappa shape index (κ1) is 12.3. The van der Waals surface area contributed by atoms with Crippen molar-refractivity contribution >= 4 is 11.8 Å². The van der Waals surface area contributed by atoms with Gasteiger partial charge < -0.3 is 10.1 Å². The van der Waals surface area contributed by atoms with Crippen LogP contribution in [0.3, 0.4) is 0 Å². The zero-order valence-electron chi connectivity index (χ0n) is 10.2. The smallest absolute Gasteiger partial charge is 0.110 e. The first-order valence-corrected chi connectivity index (χ1v) is 7.63. The minimum absolute atomic E-state index is 0.394. The van der Waals surface area contributed by atoms with Crippen molar-refractivity contribution in [3.05, 3.63) is 12.3 Å². The molecule has 0 amide bonds. The highest BCUT2D eigenvalue weighted by Gasteiger charge is 2.32. The van der Waals surface area contributed by atoms with Crippen LogP contribution in [0.4, 0.5) is 0 Å². The molecule has 0 aromatic heterocycles. The molecule has 1 aliphatic heterocycles. The van der Waals surface area contributed by atoms with Gasteiger partial charge in [-0.25, -0.2) is 0 Å². The van der Waals surface area contributed by atoms with E-state index in [0.29, 0.717) is 10.9 Å². The first-order valence-electron chi connectivity index (χ1n) is 6.41. The molecule has 92 valence electrons. The second-order valence-electron chi connectivity index (χ2n) is 4.93. The van der Waals surface area contributed by atoms with Crippen LogP contribution in [0, 0.1) is 0 Å². The standard InChI is InChI=1S/C13H23NOS/c1-16-13(7-3-4-8-13)11-14-10-12-6-2-5-9-15-12/h5,9,12,14H,2-4,6-8,10-11H2,1H3. The summed E-state index contributed by atoms with van der Waals surface area (Å²) < 4.78 is 6.08. The molecule has 0 aromatic rings. The summed E-state index contributed by atoms with van der Waals surface area (Å²) in [7, 11) is 0. The van der Waals surface area contributed by atoms with Crippen LogP contribution >= 0.6 is 11.8 Å². The van der Waals surface area contributed by atoms with Gasteiger partial charge in [-0.1, -0.05) is 12.8 Å². The number of hydrogen-bond donors (Lipinski definition) is 1. The lowest BCUT2D eigenvalue weighted by molar-refractivity contribution is 0.122. The fourth-order valence-corrected chi connectivity index (χ4v) is 3.61. The van der Waals surface area contributed by atoms with Crippen molar-refractivity contribution in [3.63, 3.8) is 0 Å². The lowest BCUT2D eigenvalue weighted by atomic mass is 10.1. The predicted octanol–water partition coefficient (Wildman–Crippen LogP) is 2.94. The van der Waals surface area contributed by atoms with Crippen molar-refractivity contribution in [1.29, 1.82) is 0 Å². The van der Waals surface area contributed by atoms with Crippen LogP contribution in [0.25, 0.3) is 0 Å². The largest absolute Gasteiger partial charge is 0.497 e. The lowest BCUT2D eigenvalue weighted by Gasteiger charge is -2.28. The van der Waals surface area contributed by atoms with Gasteiger partial charge in [-0.2, -0.15) is 11.8 Å². The highest BCUT2D eigenvalue weighted by Crippen LogP contribution is 2.39. The summed E-state index contributed by atoms with van der Waals surface area (Å²) in [6.45, 7) is 2.16. The molecule has 2 nitrogen and oxygen atoms in total. The molecular formula is C13H23NOS. The van der Waals surface area contributed by atoms with E-state index in [4.69, 9.17) is 4.74 Å². The normalized spacial score (nSPS) is 27.9. The molecule has 1 aliphatic carbocycles. The number of allylic oxidation sites excluding steroid dienone is 1. The van der Waals surface area contributed by atoms with Gasteiger partial charge in [0, 0.05) is 17.8 Å². The summed E-state index contributed by atoms with van der Waals surface area (Å²) in [5, 5.41) is 3.61. The van der Waals surface area contributed by atoms with E-state index in [2.05, 4.69) is 17.6 Å². The van der Waals surface area contributed by atoms with Crippen molar-refractivity contribution in [2.24, 2.45) is 0 Å². The second-order valence-corrected chi connectivity index (χ2v) is 6.21. The summed E-state index contributed by atoms with van der Waals surface area (Å²) in [5.74, 6) is 0. The topological polar surface area (TPSA) is 21.3 Å². The van der Waals surface area contributed by atoms with Crippen LogP contribution in [0.1, 0.15) is 38.5 Å². The van der Waals surface area contributed by atoms with Gasteiger partial charge in [0.1, 0.15) is 6.10 Å². The van der Waals surface area contributed by atoms with Crippen molar-refractivity contribution in [2.45, 2.75) is 49.4 Å². The summed E-state index contributed by atoms with van der Waals surface area (Å²) in [6.07, 6.45) is 14.5. The maximum absolute atomic E-state index is 5.56. The average Bonchev–Trinajstić information content (AvgIpc) is 2.80. The first-order chi connectivity index (χ1) is 7.85. The Balaban J connectivity index is 1.68. The molecule has 0 aromatic carbocycles. The van der Waals surface area contributed by atoms with E-state index in [-0.39, 0.29) is 0 Å². The molecule has 1 heterocycles. The maximum atomic E-state index is 5.56. The third kappa shape index (κ3) is 3.17. The summed E-state index contributed by atoms with van der Waals surface area (Å²) in [5.41, 5.74) is 0. The van der Waals surface area contributed by atoms with Gasteiger partial charge in [0.2, 0.25) is 0 Å². The highest BCUT2D eigenvalue weighted by atomic mass is 32.2.